The molecule has 2 aliphatic heterocycles. The molecule has 86 valence electrons. The standard InChI is InChI=1S/C11H19NO3/c1-15-11(14)4-5-12-8-2-3-9(12)7-10(13)6-8/h8-10,13H,2-7H2,1H3. The Morgan fingerprint density at radius 3 is 2.53 bits per heavy atom. The number of esters is 1. The summed E-state index contributed by atoms with van der Waals surface area (Å²) in [5.74, 6) is -0.138. The van der Waals surface area contributed by atoms with Crippen molar-refractivity contribution in [3.63, 3.8) is 0 Å². The predicted molar refractivity (Wildman–Crippen MR) is 55.4 cm³/mol. The molecule has 0 aliphatic carbocycles. The number of fused-ring (bicyclic) bond motifs is 2. The van der Waals surface area contributed by atoms with Gasteiger partial charge in [-0.25, -0.2) is 0 Å². The summed E-state index contributed by atoms with van der Waals surface area (Å²) in [5, 5.41) is 9.61. The van der Waals surface area contributed by atoms with E-state index < -0.39 is 0 Å². The number of methoxy groups -OCH3 is 1. The summed E-state index contributed by atoms with van der Waals surface area (Å²) in [6.07, 6.45) is 4.43. The fourth-order valence-electron chi connectivity index (χ4n) is 2.93. The number of hydrogen-bond acceptors (Lipinski definition) is 4. The normalized spacial score (nSPS) is 35.5. The summed E-state index contributed by atoms with van der Waals surface area (Å²) in [6.45, 7) is 0.786. The molecule has 0 aromatic heterocycles. The van der Waals surface area contributed by atoms with Crippen LogP contribution in [0.3, 0.4) is 0 Å². The zero-order valence-electron chi connectivity index (χ0n) is 9.19. The molecule has 2 rings (SSSR count). The first-order valence-electron chi connectivity index (χ1n) is 5.71. The third-order valence-corrected chi connectivity index (χ3v) is 3.66. The maximum atomic E-state index is 11.1. The van der Waals surface area contributed by atoms with E-state index in [9.17, 15) is 9.90 Å². The van der Waals surface area contributed by atoms with Crippen LogP contribution in [0.1, 0.15) is 32.1 Å². The molecule has 0 amide bonds. The third kappa shape index (κ3) is 2.32. The van der Waals surface area contributed by atoms with Crippen LogP contribution in [0.2, 0.25) is 0 Å². The van der Waals surface area contributed by atoms with Gasteiger partial charge in [0.15, 0.2) is 0 Å². The maximum Gasteiger partial charge on any atom is 0.306 e. The zero-order chi connectivity index (χ0) is 10.8. The molecule has 0 spiro atoms. The Morgan fingerprint density at radius 1 is 1.40 bits per heavy atom. The SMILES string of the molecule is COC(=O)CCN1C2CCC1CC(O)C2. The third-order valence-electron chi connectivity index (χ3n) is 3.66. The van der Waals surface area contributed by atoms with Gasteiger partial charge in [0, 0.05) is 18.6 Å². The lowest BCUT2D eigenvalue weighted by atomic mass is 10.00. The van der Waals surface area contributed by atoms with Crippen molar-refractivity contribution < 1.29 is 14.6 Å². The first-order valence-corrected chi connectivity index (χ1v) is 5.71. The van der Waals surface area contributed by atoms with Crippen LogP contribution < -0.4 is 0 Å². The van der Waals surface area contributed by atoms with Crippen LogP contribution in [0.15, 0.2) is 0 Å². The average molecular weight is 213 g/mol. The summed E-state index contributed by atoms with van der Waals surface area (Å²) >= 11 is 0. The van der Waals surface area contributed by atoms with Crippen LogP contribution in [0.4, 0.5) is 0 Å². The number of aliphatic hydroxyl groups is 1. The molecule has 0 aromatic rings. The number of rotatable bonds is 3. The molecule has 1 N–H and O–H groups in total. The van der Waals surface area contributed by atoms with E-state index >= 15 is 0 Å². The summed E-state index contributed by atoms with van der Waals surface area (Å²) in [5.41, 5.74) is 0. The van der Waals surface area contributed by atoms with Crippen LogP contribution in [0.5, 0.6) is 0 Å². The molecule has 2 saturated heterocycles. The molecule has 2 atom stereocenters. The number of piperidine rings is 1. The Bertz CT molecular complexity index is 230. The smallest absolute Gasteiger partial charge is 0.306 e. The Kier molecular flexibility index (Phi) is 3.26. The second-order valence-corrected chi connectivity index (χ2v) is 4.57. The molecule has 0 aromatic carbocycles. The average Bonchev–Trinajstić information content (AvgIpc) is 2.46. The molecule has 2 aliphatic rings. The van der Waals surface area contributed by atoms with Crippen LogP contribution in [-0.4, -0.2) is 47.8 Å². The van der Waals surface area contributed by atoms with E-state index in [-0.39, 0.29) is 12.1 Å². The van der Waals surface area contributed by atoms with Crippen molar-refractivity contribution in [2.45, 2.75) is 50.3 Å². The molecule has 0 radical (unpaired) electrons. The highest BCUT2D eigenvalue weighted by molar-refractivity contribution is 5.69. The fourth-order valence-corrected chi connectivity index (χ4v) is 2.93. The molecule has 2 fully saturated rings. The van der Waals surface area contributed by atoms with Crippen LogP contribution in [0, 0.1) is 0 Å². The quantitative estimate of drug-likeness (QED) is 0.695. The number of hydrogen-bond donors (Lipinski definition) is 1. The van der Waals surface area contributed by atoms with Gasteiger partial charge in [-0.3, -0.25) is 9.69 Å². The Balaban J connectivity index is 1.86. The molecule has 2 heterocycles. The highest BCUT2D eigenvalue weighted by Gasteiger charge is 2.39. The molecule has 0 saturated carbocycles. The van der Waals surface area contributed by atoms with Gasteiger partial charge in [-0.2, -0.15) is 0 Å². The van der Waals surface area contributed by atoms with E-state index in [1.165, 1.54) is 20.0 Å². The van der Waals surface area contributed by atoms with Crippen LogP contribution in [0.25, 0.3) is 0 Å². The van der Waals surface area contributed by atoms with Gasteiger partial charge in [-0.1, -0.05) is 0 Å². The molecule has 15 heavy (non-hydrogen) atoms. The van der Waals surface area contributed by atoms with E-state index in [0.717, 1.165) is 19.4 Å². The lowest BCUT2D eigenvalue weighted by molar-refractivity contribution is -0.141. The van der Waals surface area contributed by atoms with Crippen molar-refractivity contribution in [3.05, 3.63) is 0 Å². The highest BCUT2D eigenvalue weighted by atomic mass is 16.5. The van der Waals surface area contributed by atoms with Gasteiger partial charge in [-0.15, -0.1) is 0 Å². The second kappa shape index (κ2) is 4.49. The summed E-state index contributed by atoms with van der Waals surface area (Å²) in [4.78, 5) is 13.4. The summed E-state index contributed by atoms with van der Waals surface area (Å²) < 4.78 is 4.64. The minimum absolute atomic E-state index is 0.128. The van der Waals surface area contributed by atoms with Gasteiger partial charge in [0.25, 0.3) is 0 Å². The number of carbonyl (C=O) groups excluding carboxylic acids is 1. The van der Waals surface area contributed by atoms with Crippen LogP contribution >= 0.6 is 0 Å². The molecule has 2 unspecified atom stereocenters. The molecule has 4 nitrogen and oxygen atoms in total. The van der Waals surface area contributed by atoms with Crippen molar-refractivity contribution in [1.82, 2.24) is 4.90 Å². The second-order valence-electron chi connectivity index (χ2n) is 4.57. The molecular weight excluding hydrogens is 194 g/mol. The first-order chi connectivity index (χ1) is 7.20. The fraction of sp³-hybridized carbons (Fsp3) is 0.909. The number of carbonyl (C=O) groups is 1. The molecule has 2 bridgehead atoms. The Labute approximate surface area is 90.2 Å². The monoisotopic (exact) mass is 213 g/mol. The minimum atomic E-state index is -0.138. The van der Waals surface area contributed by atoms with Gasteiger partial charge in [0.05, 0.1) is 19.6 Å². The van der Waals surface area contributed by atoms with Gasteiger partial charge < -0.3 is 9.84 Å². The van der Waals surface area contributed by atoms with Crippen molar-refractivity contribution >= 4 is 5.97 Å². The molecular formula is C11H19NO3. The lowest BCUT2D eigenvalue weighted by Gasteiger charge is -2.36. The van der Waals surface area contributed by atoms with Crippen molar-refractivity contribution in [2.75, 3.05) is 13.7 Å². The largest absolute Gasteiger partial charge is 0.469 e. The molecule has 4 heteroatoms. The summed E-state index contributed by atoms with van der Waals surface area (Å²) in [6, 6.07) is 0.979. The lowest BCUT2D eigenvalue weighted by Crippen LogP contribution is -2.45. The highest BCUT2D eigenvalue weighted by Crippen LogP contribution is 2.35. The predicted octanol–water partition coefficient (Wildman–Crippen LogP) is 0.537. The minimum Gasteiger partial charge on any atom is -0.469 e. The van der Waals surface area contributed by atoms with Gasteiger partial charge in [0.2, 0.25) is 0 Å². The Morgan fingerprint density at radius 2 is 2.00 bits per heavy atom. The zero-order valence-corrected chi connectivity index (χ0v) is 9.19. The number of nitrogens with zero attached hydrogens (tertiary/aromatic N) is 1. The van der Waals surface area contributed by atoms with Gasteiger partial charge in [-0.05, 0) is 25.7 Å². The van der Waals surface area contributed by atoms with Crippen molar-refractivity contribution in [2.24, 2.45) is 0 Å². The van der Waals surface area contributed by atoms with E-state index in [0.29, 0.717) is 18.5 Å². The van der Waals surface area contributed by atoms with E-state index in [2.05, 4.69) is 9.64 Å². The van der Waals surface area contributed by atoms with Crippen molar-refractivity contribution in [1.29, 1.82) is 0 Å². The number of ether oxygens (including phenoxy) is 1. The first kappa shape index (κ1) is 10.9. The Hall–Kier alpha value is -0.610. The maximum absolute atomic E-state index is 11.1. The topological polar surface area (TPSA) is 49.8 Å². The number of aliphatic hydroxyl groups excluding tert-OH is 1. The van der Waals surface area contributed by atoms with Gasteiger partial charge in [0.1, 0.15) is 0 Å². The van der Waals surface area contributed by atoms with Crippen molar-refractivity contribution in [3.8, 4) is 0 Å². The van der Waals surface area contributed by atoms with E-state index in [1.807, 2.05) is 0 Å². The van der Waals surface area contributed by atoms with E-state index in [4.69, 9.17) is 0 Å². The van der Waals surface area contributed by atoms with Gasteiger partial charge >= 0.3 is 5.97 Å². The van der Waals surface area contributed by atoms with Crippen LogP contribution in [-0.2, 0) is 9.53 Å². The summed E-state index contributed by atoms with van der Waals surface area (Å²) in [7, 11) is 1.43. The van der Waals surface area contributed by atoms with E-state index in [1.54, 1.807) is 0 Å².